The molecule has 0 saturated heterocycles. The minimum atomic E-state index is -0.601. The number of pyridine rings is 1. The fraction of sp³-hybridized carbons (Fsp3) is 0.238. The third-order valence-electron chi connectivity index (χ3n) is 12.8. The fourth-order valence-corrected chi connectivity index (χ4v) is 8.88. The van der Waals surface area contributed by atoms with Crippen LogP contribution < -0.4 is 0 Å². The summed E-state index contributed by atoms with van der Waals surface area (Å²) < 4.78 is 72.2. The van der Waals surface area contributed by atoms with Crippen molar-refractivity contribution in [1.29, 1.82) is 0 Å². The van der Waals surface area contributed by atoms with Gasteiger partial charge in [-0.25, -0.2) is 4.98 Å². The van der Waals surface area contributed by atoms with Crippen LogP contribution in [0.3, 0.4) is 0 Å². The number of imidazole rings is 1. The van der Waals surface area contributed by atoms with Crippen LogP contribution in [0.1, 0.15) is 120 Å². The van der Waals surface area contributed by atoms with Crippen molar-refractivity contribution in [3.05, 3.63) is 192 Å². The van der Waals surface area contributed by atoms with Crippen LogP contribution in [-0.4, -0.2) is 19.6 Å². The first kappa shape index (κ1) is 36.1. The molecule has 0 amide bonds. The SMILES string of the molecule is [2H]c1nc(-c2cc(-c3cccc4c3nc(-c3cc(C(C)C)cc(C(C)C)c3O)n4-c3cc(C)c(-c4ccccc4)cc3-c3ccc(C(C)(C)C)cc3)cc(C(C)(C)C)c2)c([2H])c(-c2c([2H])c([2H])c([2H])c([2H])c2[2H])c1[2H]. The normalized spacial score (nSPS) is 13.8. The van der Waals surface area contributed by atoms with E-state index in [1.54, 1.807) is 0 Å². The molecule has 0 radical (unpaired) electrons. The molecule has 67 heavy (non-hydrogen) atoms. The van der Waals surface area contributed by atoms with Crippen molar-refractivity contribution in [2.45, 2.75) is 98.8 Å². The van der Waals surface area contributed by atoms with Crippen LogP contribution in [-0.2, 0) is 10.8 Å². The molecular formula is C63H63N3O. The molecule has 4 heteroatoms. The number of para-hydroxylation sites is 1. The van der Waals surface area contributed by atoms with E-state index in [0.717, 1.165) is 66.8 Å². The minimum absolute atomic E-state index is 0.00332. The van der Waals surface area contributed by atoms with Crippen molar-refractivity contribution < 1.29 is 16.1 Å². The summed E-state index contributed by atoms with van der Waals surface area (Å²) in [7, 11) is 0. The zero-order valence-electron chi connectivity index (χ0n) is 48.4. The number of aryl methyl sites for hydroxylation is 1. The highest BCUT2D eigenvalue weighted by molar-refractivity contribution is 5.98. The molecular weight excluding hydrogens is 815 g/mol. The fourth-order valence-electron chi connectivity index (χ4n) is 8.88. The largest absolute Gasteiger partial charge is 0.507 e. The van der Waals surface area contributed by atoms with Crippen LogP contribution in [0.15, 0.2) is 164 Å². The van der Waals surface area contributed by atoms with Gasteiger partial charge in [0.15, 0.2) is 0 Å². The van der Waals surface area contributed by atoms with Gasteiger partial charge in [-0.1, -0.05) is 178 Å². The van der Waals surface area contributed by atoms with E-state index in [2.05, 4.69) is 171 Å². The van der Waals surface area contributed by atoms with Crippen molar-refractivity contribution in [2.75, 3.05) is 0 Å². The monoisotopic (exact) mass is 886 g/mol. The van der Waals surface area contributed by atoms with E-state index in [-0.39, 0.29) is 45.9 Å². The number of fused-ring (bicyclic) bond motifs is 1. The van der Waals surface area contributed by atoms with Crippen molar-refractivity contribution in [3.8, 4) is 78.6 Å². The smallest absolute Gasteiger partial charge is 0.149 e. The number of phenolic OH excluding ortho intramolecular Hbond substituents is 1. The Kier molecular flexibility index (Phi) is 9.51. The number of aromatic hydroxyl groups is 1. The van der Waals surface area contributed by atoms with Crippen LogP contribution in [0.25, 0.3) is 83.9 Å². The highest BCUT2D eigenvalue weighted by Gasteiger charge is 2.27. The standard InChI is InChI=1S/C63H63N3O/c1-39(2)46-35-52(40(3)4)60(67)55(36-46)61-65-59-51(47-32-48(34-50(33-47)63(9,10)11)56-37-45(29-30-64-56)42-19-14-12-15-20-42)23-18-24-57(59)66(61)58-31-41(5)53(43-21-16-13-17-22-43)38-54(58)44-25-27-49(28-26-44)62(6,7)8/h12-40,67H,1-11H3/i12D,14D,15D,19D,20D,29D,30D,37D. The van der Waals surface area contributed by atoms with E-state index >= 15 is 0 Å². The molecule has 0 aliphatic heterocycles. The van der Waals surface area contributed by atoms with E-state index < -0.39 is 47.8 Å². The van der Waals surface area contributed by atoms with E-state index in [1.165, 1.54) is 5.56 Å². The number of rotatable bonds is 9. The number of hydrogen-bond donors (Lipinski definition) is 1. The minimum Gasteiger partial charge on any atom is -0.507 e. The Bertz CT molecular complexity index is 3710. The molecule has 0 aliphatic carbocycles. The quantitative estimate of drug-likeness (QED) is 0.157. The molecule has 0 fully saturated rings. The molecule has 0 atom stereocenters. The molecule has 7 aromatic carbocycles. The van der Waals surface area contributed by atoms with Crippen molar-refractivity contribution in [2.24, 2.45) is 0 Å². The molecule has 9 aromatic rings. The molecule has 2 aromatic heterocycles. The van der Waals surface area contributed by atoms with Gasteiger partial charge in [-0.2, -0.15) is 0 Å². The van der Waals surface area contributed by atoms with Crippen LogP contribution in [0.2, 0.25) is 0 Å². The second-order valence-electron chi connectivity index (χ2n) is 20.4. The number of nitrogens with zero attached hydrogens (tertiary/aromatic N) is 3. The number of aromatic nitrogens is 3. The first-order valence-corrected chi connectivity index (χ1v) is 23.2. The Morgan fingerprint density at radius 3 is 1.93 bits per heavy atom. The van der Waals surface area contributed by atoms with E-state index in [0.29, 0.717) is 22.5 Å². The highest BCUT2D eigenvalue weighted by Crippen LogP contribution is 2.46. The molecule has 2 heterocycles. The zero-order chi connectivity index (χ0) is 54.3. The van der Waals surface area contributed by atoms with Gasteiger partial charge in [0, 0.05) is 22.9 Å². The summed E-state index contributed by atoms with van der Waals surface area (Å²) in [4.78, 5) is 10.1. The average Bonchev–Trinajstić information content (AvgIpc) is 3.78. The van der Waals surface area contributed by atoms with E-state index in [4.69, 9.17) is 14.6 Å². The molecule has 4 nitrogen and oxygen atoms in total. The van der Waals surface area contributed by atoms with Gasteiger partial charge in [0.05, 0.1) is 38.9 Å². The van der Waals surface area contributed by atoms with E-state index in [9.17, 15) is 6.48 Å². The lowest BCUT2D eigenvalue weighted by molar-refractivity contribution is 0.466. The molecule has 336 valence electrons. The predicted molar refractivity (Wildman–Crippen MR) is 283 cm³/mol. The summed E-state index contributed by atoms with van der Waals surface area (Å²) in [6.45, 7) is 23.5. The second kappa shape index (κ2) is 17.6. The number of hydrogen-bond acceptors (Lipinski definition) is 3. The Morgan fingerprint density at radius 2 is 1.25 bits per heavy atom. The summed E-state index contributed by atoms with van der Waals surface area (Å²) in [5.74, 6) is 0.854. The lowest BCUT2D eigenvalue weighted by Crippen LogP contribution is -2.11. The second-order valence-corrected chi connectivity index (χ2v) is 20.4. The molecule has 0 bridgehead atoms. The average molecular weight is 886 g/mol. The van der Waals surface area contributed by atoms with Gasteiger partial charge >= 0.3 is 0 Å². The molecule has 1 N–H and O–H groups in total. The predicted octanol–water partition coefficient (Wildman–Crippen LogP) is 17.3. The van der Waals surface area contributed by atoms with Gasteiger partial charge < -0.3 is 5.11 Å². The van der Waals surface area contributed by atoms with Crippen molar-refractivity contribution >= 4 is 11.0 Å². The zero-order valence-corrected chi connectivity index (χ0v) is 40.4. The maximum atomic E-state index is 12.5. The van der Waals surface area contributed by atoms with Crippen LogP contribution >= 0.6 is 0 Å². The number of benzene rings is 7. The van der Waals surface area contributed by atoms with Gasteiger partial charge in [-0.3, -0.25) is 9.55 Å². The van der Waals surface area contributed by atoms with Gasteiger partial charge in [0.2, 0.25) is 0 Å². The molecule has 0 saturated carbocycles. The molecule has 0 spiro atoms. The van der Waals surface area contributed by atoms with Crippen LogP contribution in [0.5, 0.6) is 5.75 Å². The van der Waals surface area contributed by atoms with Gasteiger partial charge in [-0.15, -0.1) is 0 Å². The maximum Gasteiger partial charge on any atom is 0.149 e. The first-order chi connectivity index (χ1) is 35.3. The Hall–Kier alpha value is -7.04. The van der Waals surface area contributed by atoms with Crippen molar-refractivity contribution in [3.63, 3.8) is 0 Å². The Labute approximate surface area is 409 Å². The lowest BCUT2D eigenvalue weighted by atomic mass is 9.83. The lowest BCUT2D eigenvalue weighted by Gasteiger charge is -2.22. The molecule has 0 unspecified atom stereocenters. The summed E-state index contributed by atoms with van der Waals surface area (Å²) in [6.07, 6.45) is -0.502. The summed E-state index contributed by atoms with van der Waals surface area (Å²) in [5, 5.41) is 12.5. The summed E-state index contributed by atoms with van der Waals surface area (Å²) in [5.41, 5.74) is 12.9. The van der Waals surface area contributed by atoms with Gasteiger partial charge in [0.1, 0.15) is 11.6 Å². The molecule has 0 aliphatic rings. The summed E-state index contributed by atoms with van der Waals surface area (Å²) in [6, 6.07) is 36.0. The van der Waals surface area contributed by atoms with Crippen LogP contribution in [0.4, 0.5) is 0 Å². The Morgan fingerprint density at radius 1 is 0.567 bits per heavy atom. The number of phenols is 1. The third-order valence-corrected chi connectivity index (χ3v) is 12.8. The van der Waals surface area contributed by atoms with Gasteiger partial charge in [-0.05, 0) is 139 Å². The summed E-state index contributed by atoms with van der Waals surface area (Å²) >= 11 is 0. The van der Waals surface area contributed by atoms with Gasteiger partial charge in [0.25, 0.3) is 0 Å². The van der Waals surface area contributed by atoms with Crippen LogP contribution in [0, 0.1) is 6.92 Å². The van der Waals surface area contributed by atoms with E-state index in [1.807, 2.05) is 30.3 Å². The topological polar surface area (TPSA) is 50.9 Å². The molecule has 9 rings (SSSR count). The maximum absolute atomic E-state index is 12.5. The Balaban J connectivity index is 1.39. The first-order valence-electron chi connectivity index (χ1n) is 27.2. The van der Waals surface area contributed by atoms with Crippen molar-refractivity contribution in [1.82, 2.24) is 14.5 Å². The highest BCUT2D eigenvalue weighted by atomic mass is 16.3. The third kappa shape index (κ3) is 8.86.